The molecule has 1 saturated carbocycles. The lowest BCUT2D eigenvalue weighted by molar-refractivity contribution is 0.253. The molecule has 1 aromatic rings. The molecule has 1 aliphatic rings. The Morgan fingerprint density at radius 2 is 2.10 bits per heavy atom. The van der Waals surface area contributed by atoms with Gasteiger partial charge >= 0.3 is 0 Å². The van der Waals surface area contributed by atoms with Gasteiger partial charge in [-0.25, -0.2) is 4.39 Å². The Balaban J connectivity index is 2.11. The van der Waals surface area contributed by atoms with E-state index in [1.807, 2.05) is 6.07 Å². The molecule has 1 fully saturated rings. The van der Waals surface area contributed by atoms with Gasteiger partial charge in [0.2, 0.25) is 0 Å². The molecule has 0 spiro atoms. The van der Waals surface area contributed by atoms with Crippen molar-refractivity contribution in [1.82, 2.24) is 5.32 Å². The second-order valence-electron chi connectivity index (χ2n) is 6.84. The fraction of sp³-hybridized carbons (Fsp3) is 0.667. The van der Waals surface area contributed by atoms with Crippen molar-refractivity contribution in [3.63, 3.8) is 0 Å². The summed E-state index contributed by atoms with van der Waals surface area (Å²) in [5.41, 5.74) is 1.35. The summed E-state index contributed by atoms with van der Waals surface area (Å²) in [7, 11) is 0. The zero-order chi connectivity index (χ0) is 15.5. The van der Waals surface area contributed by atoms with Gasteiger partial charge in [-0.3, -0.25) is 0 Å². The maximum atomic E-state index is 13.5. The predicted molar refractivity (Wildman–Crippen MR) is 88.3 cm³/mol. The Kier molecular flexibility index (Phi) is 5.26. The van der Waals surface area contributed by atoms with Gasteiger partial charge in [0.15, 0.2) is 0 Å². The van der Waals surface area contributed by atoms with E-state index in [-0.39, 0.29) is 5.82 Å². The summed E-state index contributed by atoms with van der Waals surface area (Å²) < 4.78 is 13.5. The van der Waals surface area contributed by atoms with E-state index in [0.29, 0.717) is 17.4 Å². The third-order valence-electron chi connectivity index (χ3n) is 4.91. The van der Waals surface area contributed by atoms with Crippen LogP contribution in [0.15, 0.2) is 24.3 Å². The molecule has 2 rings (SSSR count). The third-order valence-corrected chi connectivity index (χ3v) is 4.91. The number of anilines is 1. The molecule has 0 heterocycles. The van der Waals surface area contributed by atoms with Crippen LogP contribution >= 0.6 is 0 Å². The van der Waals surface area contributed by atoms with Gasteiger partial charge in [-0.1, -0.05) is 26.8 Å². The van der Waals surface area contributed by atoms with E-state index >= 15 is 0 Å². The Morgan fingerprint density at radius 3 is 2.71 bits per heavy atom. The first kappa shape index (κ1) is 16.3. The van der Waals surface area contributed by atoms with Gasteiger partial charge in [0, 0.05) is 24.8 Å². The topological polar surface area (TPSA) is 15.3 Å². The van der Waals surface area contributed by atoms with Gasteiger partial charge in [-0.2, -0.15) is 0 Å². The normalized spacial score (nSPS) is 24.2. The van der Waals surface area contributed by atoms with E-state index in [1.54, 1.807) is 12.1 Å². The molecule has 2 atom stereocenters. The van der Waals surface area contributed by atoms with Crippen molar-refractivity contribution < 1.29 is 4.39 Å². The summed E-state index contributed by atoms with van der Waals surface area (Å²) in [5, 5.41) is 3.68. The first-order valence-corrected chi connectivity index (χ1v) is 8.21. The number of nitrogens with one attached hydrogen (secondary N) is 1. The average molecular weight is 292 g/mol. The Morgan fingerprint density at radius 1 is 1.33 bits per heavy atom. The van der Waals surface area contributed by atoms with Crippen molar-refractivity contribution in [1.29, 1.82) is 0 Å². The van der Waals surface area contributed by atoms with E-state index in [2.05, 4.69) is 37.9 Å². The summed E-state index contributed by atoms with van der Waals surface area (Å²) in [6, 6.07) is 7.51. The molecule has 3 heteroatoms. The van der Waals surface area contributed by atoms with E-state index in [0.717, 1.165) is 25.3 Å². The van der Waals surface area contributed by atoms with Gasteiger partial charge in [0.05, 0.1) is 0 Å². The summed E-state index contributed by atoms with van der Waals surface area (Å²) in [6.45, 7) is 12.0. The molecule has 0 aliphatic heterocycles. The molecule has 118 valence electrons. The molecule has 2 unspecified atom stereocenters. The highest BCUT2D eigenvalue weighted by Gasteiger charge is 2.41. The molecule has 1 aromatic carbocycles. The zero-order valence-corrected chi connectivity index (χ0v) is 13.8. The minimum atomic E-state index is -0.152. The van der Waals surface area contributed by atoms with Crippen molar-refractivity contribution in [2.75, 3.05) is 24.5 Å². The van der Waals surface area contributed by atoms with Gasteiger partial charge in [-0.15, -0.1) is 0 Å². The second-order valence-corrected chi connectivity index (χ2v) is 6.84. The fourth-order valence-electron chi connectivity index (χ4n) is 3.75. The number of halogens is 1. The summed E-state index contributed by atoms with van der Waals surface area (Å²) in [4.78, 5) is 2.31. The Labute approximate surface area is 128 Å². The van der Waals surface area contributed by atoms with Gasteiger partial charge in [-0.05, 0) is 55.8 Å². The van der Waals surface area contributed by atoms with Crippen molar-refractivity contribution in [2.45, 2.75) is 46.6 Å². The first-order valence-electron chi connectivity index (χ1n) is 8.21. The summed E-state index contributed by atoms with van der Waals surface area (Å²) in [6.07, 6.45) is 2.51. The van der Waals surface area contributed by atoms with Crippen LogP contribution in [0.25, 0.3) is 0 Å². The highest BCUT2D eigenvalue weighted by atomic mass is 19.1. The monoisotopic (exact) mass is 292 g/mol. The molecule has 0 bridgehead atoms. The zero-order valence-electron chi connectivity index (χ0n) is 13.8. The maximum Gasteiger partial charge on any atom is 0.125 e. The van der Waals surface area contributed by atoms with Crippen LogP contribution in [-0.2, 0) is 0 Å². The van der Waals surface area contributed by atoms with Crippen LogP contribution in [0.4, 0.5) is 10.1 Å². The third kappa shape index (κ3) is 3.76. The van der Waals surface area contributed by atoms with Crippen molar-refractivity contribution in [3.05, 3.63) is 30.1 Å². The number of rotatable bonds is 6. The van der Waals surface area contributed by atoms with Gasteiger partial charge in [0.1, 0.15) is 5.82 Å². The highest BCUT2D eigenvalue weighted by molar-refractivity contribution is 5.46. The smallest absolute Gasteiger partial charge is 0.125 e. The van der Waals surface area contributed by atoms with Crippen molar-refractivity contribution in [2.24, 2.45) is 11.3 Å². The summed E-state index contributed by atoms with van der Waals surface area (Å²) >= 11 is 0. The standard InChI is InChI=1S/C18H29FN2/c1-5-20-17-14(10-11-18(17,3)4)13-21(6-2)16-9-7-8-15(19)12-16/h7-9,12,14,17,20H,5-6,10-11,13H2,1-4H3. The molecule has 21 heavy (non-hydrogen) atoms. The number of hydrogen-bond acceptors (Lipinski definition) is 2. The largest absolute Gasteiger partial charge is 0.371 e. The second kappa shape index (κ2) is 6.78. The van der Waals surface area contributed by atoms with Crippen molar-refractivity contribution in [3.8, 4) is 0 Å². The molecule has 2 nitrogen and oxygen atoms in total. The lowest BCUT2D eigenvalue weighted by Crippen LogP contribution is -2.45. The van der Waals surface area contributed by atoms with E-state index in [4.69, 9.17) is 0 Å². The van der Waals surface area contributed by atoms with Crippen LogP contribution in [0.2, 0.25) is 0 Å². The molecule has 0 radical (unpaired) electrons. The van der Waals surface area contributed by atoms with Crippen LogP contribution in [0.1, 0.15) is 40.5 Å². The molecule has 0 aromatic heterocycles. The van der Waals surface area contributed by atoms with Crippen molar-refractivity contribution >= 4 is 5.69 Å². The molecule has 1 aliphatic carbocycles. The molecular weight excluding hydrogens is 263 g/mol. The van der Waals surface area contributed by atoms with Crippen LogP contribution in [0.3, 0.4) is 0 Å². The Bertz CT molecular complexity index is 458. The SMILES string of the molecule is CCNC1C(CN(CC)c2cccc(F)c2)CCC1(C)C. The minimum absolute atomic E-state index is 0.152. The average Bonchev–Trinajstić information content (AvgIpc) is 2.72. The molecule has 0 amide bonds. The highest BCUT2D eigenvalue weighted by Crippen LogP contribution is 2.42. The first-order chi connectivity index (χ1) is 9.97. The van der Waals surface area contributed by atoms with Gasteiger partial charge < -0.3 is 10.2 Å². The van der Waals surface area contributed by atoms with E-state index < -0.39 is 0 Å². The number of benzene rings is 1. The lowest BCUT2D eigenvalue weighted by Gasteiger charge is -2.34. The molecular formula is C18H29FN2. The van der Waals surface area contributed by atoms with Crippen LogP contribution < -0.4 is 10.2 Å². The predicted octanol–water partition coefficient (Wildman–Crippen LogP) is 4.07. The fourth-order valence-corrected chi connectivity index (χ4v) is 3.75. The maximum absolute atomic E-state index is 13.5. The molecule has 1 N–H and O–H groups in total. The quantitative estimate of drug-likeness (QED) is 0.850. The molecule has 0 saturated heterocycles. The lowest BCUT2D eigenvalue weighted by atomic mass is 9.84. The minimum Gasteiger partial charge on any atom is -0.371 e. The van der Waals surface area contributed by atoms with E-state index in [1.165, 1.54) is 18.9 Å². The van der Waals surface area contributed by atoms with E-state index in [9.17, 15) is 4.39 Å². The number of hydrogen-bond donors (Lipinski definition) is 1. The summed E-state index contributed by atoms with van der Waals surface area (Å²) in [5.74, 6) is 0.476. The van der Waals surface area contributed by atoms with Crippen LogP contribution in [-0.4, -0.2) is 25.7 Å². The van der Waals surface area contributed by atoms with Crippen LogP contribution in [0.5, 0.6) is 0 Å². The van der Waals surface area contributed by atoms with Crippen LogP contribution in [0, 0.1) is 17.2 Å². The Hall–Kier alpha value is -1.09. The number of nitrogens with zero attached hydrogens (tertiary/aromatic N) is 1. The van der Waals surface area contributed by atoms with Gasteiger partial charge in [0.25, 0.3) is 0 Å².